The fourth-order valence-corrected chi connectivity index (χ4v) is 0.524. The molecule has 0 fully saturated rings. The molecule has 0 aliphatic heterocycles. The second-order valence-corrected chi connectivity index (χ2v) is 3.84. The van der Waals surface area contributed by atoms with Gasteiger partial charge in [0.2, 0.25) is 16.5 Å². The van der Waals surface area contributed by atoms with Gasteiger partial charge >= 0.3 is 11.9 Å². The number of carbonyl (C=O) groups is 2. The van der Waals surface area contributed by atoms with Crippen molar-refractivity contribution >= 4 is 58.3 Å². The summed E-state index contributed by atoms with van der Waals surface area (Å²) in [5.41, 5.74) is 0. The van der Waals surface area contributed by atoms with Crippen LogP contribution in [-0.2, 0) is 19.1 Å². The third-order valence-electron chi connectivity index (χ3n) is 0.759. The Kier molecular flexibility index (Phi) is 6.59. The minimum absolute atomic E-state index is 0.621. The van der Waals surface area contributed by atoms with E-state index in [0.717, 1.165) is 0 Å². The van der Waals surface area contributed by atoms with E-state index in [1.54, 1.807) is 0 Å². The summed E-state index contributed by atoms with van der Waals surface area (Å²) in [6.45, 7) is -0.621. The van der Waals surface area contributed by atoms with Crippen molar-refractivity contribution in [3.05, 3.63) is 0 Å². The number of halogens is 4. The summed E-state index contributed by atoms with van der Waals surface area (Å²) in [7, 11) is 0. The number of carbonyl (C=O) groups excluding carboxylic acids is 2. The Balaban J connectivity index is 3.57. The summed E-state index contributed by atoms with van der Waals surface area (Å²) in [6, 6.07) is 0. The van der Waals surface area contributed by atoms with Gasteiger partial charge in [-0.3, -0.25) is 0 Å². The molecule has 0 spiro atoms. The number of rotatable bonds is 4. The molecule has 13 heavy (non-hydrogen) atoms. The van der Waals surface area contributed by atoms with E-state index in [2.05, 4.69) is 9.47 Å². The van der Waals surface area contributed by atoms with Crippen molar-refractivity contribution in [1.82, 2.24) is 0 Å². The molecule has 0 aromatic carbocycles. The summed E-state index contributed by atoms with van der Waals surface area (Å²) in [5, 5.41) is 0. The fourth-order valence-electron chi connectivity index (χ4n) is 0.272. The molecule has 0 unspecified atom stereocenters. The van der Waals surface area contributed by atoms with Crippen molar-refractivity contribution in [2.24, 2.45) is 0 Å². The molecule has 0 aliphatic carbocycles. The van der Waals surface area contributed by atoms with Gasteiger partial charge in [-0.25, -0.2) is 9.59 Å². The van der Waals surface area contributed by atoms with Crippen LogP contribution in [0.5, 0.6) is 0 Å². The molecular weight excluding hydrogens is 266 g/mol. The average molecular weight is 270 g/mol. The third-order valence-corrected chi connectivity index (χ3v) is 1.47. The molecule has 0 atom stereocenters. The first-order valence-corrected chi connectivity index (χ1v) is 4.59. The molecule has 0 saturated carbocycles. The Labute approximate surface area is 94.0 Å². The highest BCUT2D eigenvalue weighted by Crippen LogP contribution is 2.06. The molecule has 8 heteroatoms. The maximum absolute atomic E-state index is 10.6. The topological polar surface area (TPSA) is 52.6 Å². The van der Waals surface area contributed by atoms with Crippen LogP contribution in [0.2, 0.25) is 0 Å². The first-order valence-electron chi connectivity index (χ1n) is 2.84. The number of hydrogen-bond donors (Lipinski definition) is 0. The van der Waals surface area contributed by atoms with Crippen LogP contribution in [0.15, 0.2) is 0 Å². The Morgan fingerprint density at radius 2 is 1.23 bits per heavy atom. The highest BCUT2D eigenvalue weighted by atomic mass is 35.5. The van der Waals surface area contributed by atoms with E-state index in [9.17, 15) is 9.59 Å². The van der Waals surface area contributed by atoms with E-state index in [-0.39, 0.29) is 0 Å². The van der Waals surface area contributed by atoms with Crippen LogP contribution >= 0.6 is 46.4 Å². The zero-order valence-corrected chi connectivity index (χ0v) is 9.03. The molecule has 76 valence electrons. The fraction of sp³-hybridized carbons (Fsp3) is 0.600. The lowest BCUT2D eigenvalue weighted by Gasteiger charge is -2.06. The van der Waals surface area contributed by atoms with Gasteiger partial charge in [0.05, 0.1) is 0 Å². The largest absolute Gasteiger partial charge is 0.426 e. The summed E-state index contributed by atoms with van der Waals surface area (Å²) < 4.78 is 8.52. The maximum atomic E-state index is 10.6. The summed E-state index contributed by atoms with van der Waals surface area (Å²) in [5.74, 6) is -1.84. The Bertz CT molecular complexity index is 173. The van der Waals surface area contributed by atoms with Gasteiger partial charge in [-0.1, -0.05) is 46.4 Å². The van der Waals surface area contributed by atoms with Crippen LogP contribution in [0.3, 0.4) is 0 Å². The highest BCUT2D eigenvalue weighted by molar-refractivity contribution is 6.53. The molecular formula is C5H4Cl4O4. The first kappa shape index (κ1) is 13.1. The zero-order chi connectivity index (χ0) is 10.4. The van der Waals surface area contributed by atoms with Gasteiger partial charge in [0.25, 0.3) is 0 Å². The SMILES string of the molecule is O=C(OCOC(=O)C(Cl)Cl)C(Cl)Cl. The van der Waals surface area contributed by atoms with E-state index in [0.29, 0.717) is 0 Å². The van der Waals surface area contributed by atoms with Crippen LogP contribution in [-0.4, -0.2) is 28.4 Å². The standard InChI is InChI=1S/C5H4Cl4O4/c6-2(7)4(10)12-1-13-5(11)3(8)9/h2-3H,1H2. The number of ether oxygens (including phenoxy) is 2. The van der Waals surface area contributed by atoms with Crippen LogP contribution in [0.1, 0.15) is 0 Å². The van der Waals surface area contributed by atoms with Gasteiger partial charge in [-0.2, -0.15) is 0 Å². The quantitative estimate of drug-likeness (QED) is 0.442. The van der Waals surface area contributed by atoms with Gasteiger partial charge < -0.3 is 9.47 Å². The zero-order valence-electron chi connectivity index (χ0n) is 6.01. The molecule has 0 saturated heterocycles. The molecule has 0 rings (SSSR count). The number of alkyl halides is 4. The summed E-state index contributed by atoms with van der Waals surface area (Å²) >= 11 is 20.4. The van der Waals surface area contributed by atoms with Gasteiger partial charge in [0.1, 0.15) is 0 Å². The van der Waals surface area contributed by atoms with Crippen molar-refractivity contribution in [2.45, 2.75) is 9.67 Å². The van der Waals surface area contributed by atoms with Gasteiger partial charge in [-0.05, 0) is 0 Å². The van der Waals surface area contributed by atoms with Crippen molar-refractivity contribution < 1.29 is 19.1 Å². The molecule has 0 aliphatic rings. The Morgan fingerprint density at radius 1 is 0.923 bits per heavy atom. The van der Waals surface area contributed by atoms with E-state index in [1.807, 2.05) is 0 Å². The first-order chi connectivity index (χ1) is 5.95. The molecule has 0 aromatic heterocycles. The van der Waals surface area contributed by atoms with Crippen molar-refractivity contribution in [3.63, 3.8) is 0 Å². The summed E-state index contributed by atoms with van der Waals surface area (Å²) in [6.07, 6.45) is 0. The highest BCUT2D eigenvalue weighted by Gasteiger charge is 2.16. The summed E-state index contributed by atoms with van der Waals surface area (Å²) in [4.78, 5) is 18.5. The molecule has 0 amide bonds. The second kappa shape index (κ2) is 6.54. The van der Waals surface area contributed by atoms with E-state index in [1.165, 1.54) is 0 Å². The molecule has 0 heterocycles. The van der Waals surface area contributed by atoms with E-state index in [4.69, 9.17) is 46.4 Å². The smallest absolute Gasteiger partial charge is 0.342 e. The predicted octanol–water partition coefficient (Wildman–Crippen LogP) is 1.64. The second-order valence-electron chi connectivity index (χ2n) is 1.65. The van der Waals surface area contributed by atoms with Crippen LogP contribution < -0.4 is 0 Å². The molecule has 0 N–H and O–H groups in total. The van der Waals surface area contributed by atoms with Crippen LogP contribution in [0.4, 0.5) is 0 Å². The van der Waals surface area contributed by atoms with E-state index < -0.39 is 28.4 Å². The van der Waals surface area contributed by atoms with Gasteiger partial charge in [0.15, 0.2) is 0 Å². The lowest BCUT2D eigenvalue weighted by molar-refractivity contribution is -0.164. The molecule has 0 aromatic rings. The number of hydrogen-bond acceptors (Lipinski definition) is 4. The molecule has 0 radical (unpaired) electrons. The van der Waals surface area contributed by atoms with Crippen molar-refractivity contribution in [1.29, 1.82) is 0 Å². The van der Waals surface area contributed by atoms with Crippen LogP contribution in [0, 0.1) is 0 Å². The van der Waals surface area contributed by atoms with E-state index >= 15 is 0 Å². The Morgan fingerprint density at radius 3 is 1.46 bits per heavy atom. The minimum Gasteiger partial charge on any atom is -0.426 e. The molecule has 4 nitrogen and oxygen atoms in total. The monoisotopic (exact) mass is 268 g/mol. The average Bonchev–Trinajstić information content (AvgIpc) is 2.03. The Hall–Kier alpha value is 0.1000. The maximum Gasteiger partial charge on any atom is 0.342 e. The van der Waals surface area contributed by atoms with Crippen molar-refractivity contribution in [2.75, 3.05) is 6.79 Å². The molecule has 0 bridgehead atoms. The normalized spacial score (nSPS) is 10.3. The minimum atomic E-state index is -1.32. The third kappa shape index (κ3) is 6.21. The van der Waals surface area contributed by atoms with Crippen LogP contribution in [0.25, 0.3) is 0 Å². The predicted molar refractivity (Wildman–Crippen MR) is 48.0 cm³/mol. The lowest BCUT2D eigenvalue weighted by Crippen LogP contribution is -2.19. The lowest BCUT2D eigenvalue weighted by atomic mass is 10.8. The van der Waals surface area contributed by atoms with Gasteiger partial charge in [-0.15, -0.1) is 0 Å². The van der Waals surface area contributed by atoms with Gasteiger partial charge in [0, 0.05) is 0 Å². The number of esters is 2. The van der Waals surface area contributed by atoms with Crippen molar-refractivity contribution in [3.8, 4) is 0 Å².